The number of anilines is 1. The van der Waals surface area contributed by atoms with Crippen LogP contribution in [-0.4, -0.2) is 51.4 Å². The summed E-state index contributed by atoms with van der Waals surface area (Å²) in [6, 6.07) is 5.10. The number of carbonyl (C=O) groups excluding carboxylic acids is 2. The lowest BCUT2D eigenvalue weighted by Crippen LogP contribution is -2.42. The number of rotatable bonds is 3. The Kier molecular flexibility index (Phi) is 5.22. The van der Waals surface area contributed by atoms with Crippen LogP contribution in [0.15, 0.2) is 24.4 Å². The monoisotopic (exact) mass is 355 g/mol. The zero-order valence-electron chi connectivity index (χ0n) is 15.0. The summed E-state index contributed by atoms with van der Waals surface area (Å²) < 4.78 is 5.78. The van der Waals surface area contributed by atoms with Crippen LogP contribution in [0.3, 0.4) is 0 Å². The summed E-state index contributed by atoms with van der Waals surface area (Å²) in [6.45, 7) is 6.48. The molecule has 0 spiro atoms. The number of aromatic nitrogens is 3. The maximum absolute atomic E-state index is 12.8. The number of pyridine rings is 1. The summed E-state index contributed by atoms with van der Waals surface area (Å²) in [5.41, 5.74) is 2.20. The van der Waals surface area contributed by atoms with Crippen molar-refractivity contribution in [1.29, 1.82) is 0 Å². The molecule has 0 bridgehead atoms. The molecule has 1 N–H and O–H groups in total. The van der Waals surface area contributed by atoms with Gasteiger partial charge in [0.1, 0.15) is 11.9 Å². The van der Waals surface area contributed by atoms with Gasteiger partial charge in [-0.15, -0.1) is 0 Å². The van der Waals surface area contributed by atoms with E-state index in [-0.39, 0.29) is 17.9 Å². The first-order valence-corrected chi connectivity index (χ1v) is 8.39. The molecule has 1 atom stereocenters. The highest BCUT2D eigenvalue weighted by Crippen LogP contribution is 2.21. The number of aryl methyl sites for hydroxylation is 2. The molecule has 2 aromatic rings. The summed E-state index contributed by atoms with van der Waals surface area (Å²) in [5, 5.41) is 2.58. The second kappa shape index (κ2) is 7.57. The minimum absolute atomic E-state index is 0.142. The highest BCUT2D eigenvalue weighted by atomic mass is 16.5. The smallest absolute Gasteiger partial charge is 0.254 e. The molecule has 0 aromatic carbocycles. The molecule has 26 heavy (non-hydrogen) atoms. The Balaban J connectivity index is 1.76. The van der Waals surface area contributed by atoms with E-state index in [0.29, 0.717) is 36.9 Å². The number of hydrogen-bond acceptors (Lipinski definition) is 6. The Morgan fingerprint density at radius 3 is 2.65 bits per heavy atom. The first-order valence-electron chi connectivity index (χ1n) is 8.39. The Hall–Kier alpha value is -2.87. The fourth-order valence-electron chi connectivity index (χ4n) is 2.88. The fraction of sp³-hybridized carbons (Fsp3) is 0.389. The number of carbonyl (C=O) groups is 2. The number of ether oxygens (including phenoxy) is 1. The predicted octanol–water partition coefficient (Wildman–Crippen LogP) is 1.66. The molecule has 3 heterocycles. The zero-order valence-corrected chi connectivity index (χ0v) is 15.0. The van der Waals surface area contributed by atoms with E-state index < -0.39 is 0 Å². The van der Waals surface area contributed by atoms with Gasteiger partial charge >= 0.3 is 0 Å². The quantitative estimate of drug-likeness (QED) is 0.899. The van der Waals surface area contributed by atoms with Crippen molar-refractivity contribution in [3.05, 3.63) is 47.2 Å². The van der Waals surface area contributed by atoms with Crippen molar-refractivity contribution in [3.63, 3.8) is 0 Å². The zero-order chi connectivity index (χ0) is 18.7. The fourth-order valence-corrected chi connectivity index (χ4v) is 2.88. The van der Waals surface area contributed by atoms with Crippen molar-refractivity contribution in [3.8, 4) is 0 Å². The third-order valence-electron chi connectivity index (χ3n) is 3.95. The molecule has 2 amide bonds. The molecule has 1 saturated heterocycles. The van der Waals surface area contributed by atoms with E-state index in [9.17, 15) is 9.59 Å². The van der Waals surface area contributed by atoms with Crippen LogP contribution in [0, 0.1) is 13.8 Å². The molecular weight excluding hydrogens is 334 g/mol. The molecule has 2 aromatic heterocycles. The van der Waals surface area contributed by atoms with Gasteiger partial charge < -0.3 is 15.0 Å². The molecule has 1 fully saturated rings. The van der Waals surface area contributed by atoms with Crippen LogP contribution in [-0.2, 0) is 9.53 Å². The third kappa shape index (κ3) is 4.20. The molecule has 3 rings (SSSR count). The van der Waals surface area contributed by atoms with Crippen LogP contribution < -0.4 is 5.32 Å². The van der Waals surface area contributed by atoms with E-state index in [1.54, 1.807) is 17.0 Å². The molecule has 136 valence electrons. The van der Waals surface area contributed by atoms with Gasteiger partial charge in [-0.1, -0.05) is 0 Å². The summed E-state index contributed by atoms with van der Waals surface area (Å²) in [4.78, 5) is 38.6. The predicted molar refractivity (Wildman–Crippen MR) is 94.6 cm³/mol. The largest absolute Gasteiger partial charge is 0.367 e. The van der Waals surface area contributed by atoms with Crippen molar-refractivity contribution < 1.29 is 14.3 Å². The lowest BCUT2D eigenvalue weighted by atomic mass is 10.2. The van der Waals surface area contributed by atoms with E-state index in [4.69, 9.17) is 4.74 Å². The van der Waals surface area contributed by atoms with E-state index >= 15 is 0 Å². The minimum atomic E-state index is -0.358. The Morgan fingerprint density at radius 2 is 1.96 bits per heavy atom. The second-order valence-electron chi connectivity index (χ2n) is 6.23. The van der Waals surface area contributed by atoms with Gasteiger partial charge in [-0.25, -0.2) is 15.0 Å². The average molecular weight is 355 g/mol. The Bertz CT molecular complexity index is 819. The van der Waals surface area contributed by atoms with Crippen LogP contribution in [0.5, 0.6) is 0 Å². The molecule has 0 saturated carbocycles. The minimum Gasteiger partial charge on any atom is -0.367 e. The lowest BCUT2D eigenvalue weighted by molar-refractivity contribution is -0.114. The topological polar surface area (TPSA) is 97.3 Å². The summed E-state index contributed by atoms with van der Waals surface area (Å²) in [5.74, 6) is 0.566. The van der Waals surface area contributed by atoms with Gasteiger partial charge in [-0.3, -0.25) is 9.59 Å². The van der Waals surface area contributed by atoms with E-state index in [0.717, 1.165) is 11.4 Å². The highest BCUT2D eigenvalue weighted by Gasteiger charge is 2.28. The molecule has 0 unspecified atom stereocenters. The lowest BCUT2D eigenvalue weighted by Gasteiger charge is -2.32. The SMILES string of the molecule is CC(=O)Nc1cc(C(=O)N2CCO[C@@H](c3nc(C)cc(C)n3)C2)ccn1. The van der Waals surface area contributed by atoms with Crippen molar-refractivity contribution in [2.24, 2.45) is 0 Å². The van der Waals surface area contributed by atoms with Gasteiger partial charge in [0.05, 0.1) is 13.2 Å². The summed E-state index contributed by atoms with van der Waals surface area (Å²) >= 11 is 0. The molecular formula is C18H21N5O3. The van der Waals surface area contributed by atoms with Crippen LogP contribution in [0.25, 0.3) is 0 Å². The van der Waals surface area contributed by atoms with Crippen LogP contribution in [0.1, 0.15) is 40.6 Å². The van der Waals surface area contributed by atoms with Crippen LogP contribution in [0.2, 0.25) is 0 Å². The normalized spacial score (nSPS) is 17.0. The standard InChI is InChI=1S/C18H21N5O3/c1-11-8-12(2)21-17(20-11)15-10-23(6-7-26-15)18(25)14-4-5-19-16(9-14)22-13(3)24/h4-5,8-9,15H,6-7,10H2,1-3H3,(H,19,22,24)/t15-/m1/s1. The highest BCUT2D eigenvalue weighted by molar-refractivity contribution is 5.96. The van der Waals surface area contributed by atoms with Gasteiger partial charge in [0.15, 0.2) is 5.82 Å². The van der Waals surface area contributed by atoms with E-state index in [1.807, 2.05) is 19.9 Å². The van der Waals surface area contributed by atoms with Gasteiger partial charge in [-0.2, -0.15) is 0 Å². The maximum atomic E-state index is 12.8. The van der Waals surface area contributed by atoms with E-state index in [1.165, 1.54) is 13.1 Å². The first-order chi connectivity index (χ1) is 12.4. The number of morpholine rings is 1. The number of nitrogens with zero attached hydrogens (tertiary/aromatic N) is 4. The molecule has 8 heteroatoms. The average Bonchev–Trinajstić information content (AvgIpc) is 2.60. The van der Waals surface area contributed by atoms with Gasteiger partial charge in [0.25, 0.3) is 5.91 Å². The maximum Gasteiger partial charge on any atom is 0.254 e. The molecule has 0 radical (unpaired) electrons. The van der Waals surface area contributed by atoms with Crippen LogP contribution in [0.4, 0.5) is 5.82 Å². The molecule has 1 aliphatic rings. The van der Waals surface area contributed by atoms with Crippen molar-refractivity contribution in [2.75, 3.05) is 25.0 Å². The van der Waals surface area contributed by atoms with Crippen molar-refractivity contribution in [1.82, 2.24) is 19.9 Å². The van der Waals surface area contributed by atoms with Gasteiger partial charge in [-0.05, 0) is 32.0 Å². The first kappa shape index (κ1) is 17.9. The van der Waals surface area contributed by atoms with Crippen LogP contribution >= 0.6 is 0 Å². The van der Waals surface area contributed by atoms with Crippen molar-refractivity contribution in [2.45, 2.75) is 26.9 Å². The Labute approximate surface area is 151 Å². The third-order valence-corrected chi connectivity index (χ3v) is 3.95. The summed E-state index contributed by atoms with van der Waals surface area (Å²) in [7, 11) is 0. The number of nitrogens with one attached hydrogen (secondary N) is 1. The number of hydrogen-bond donors (Lipinski definition) is 1. The molecule has 1 aliphatic heterocycles. The van der Waals surface area contributed by atoms with E-state index in [2.05, 4.69) is 20.3 Å². The number of amides is 2. The molecule has 0 aliphatic carbocycles. The summed E-state index contributed by atoms with van der Waals surface area (Å²) in [6.07, 6.45) is 1.15. The van der Waals surface area contributed by atoms with Gasteiger partial charge in [0, 0.05) is 36.6 Å². The van der Waals surface area contributed by atoms with Gasteiger partial charge in [0.2, 0.25) is 5.91 Å². The second-order valence-corrected chi connectivity index (χ2v) is 6.23. The molecule has 8 nitrogen and oxygen atoms in total. The van der Waals surface area contributed by atoms with Crippen molar-refractivity contribution >= 4 is 17.6 Å². The Morgan fingerprint density at radius 1 is 1.23 bits per heavy atom.